The van der Waals surface area contributed by atoms with E-state index in [0.29, 0.717) is 11.6 Å². The molecule has 3 rings (SSSR count). The highest BCUT2D eigenvalue weighted by Gasteiger charge is 2.34. The van der Waals surface area contributed by atoms with E-state index >= 15 is 0 Å². The molecule has 1 fully saturated rings. The maximum Gasteiger partial charge on any atom is 0.410 e. The third-order valence-corrected chi connectivity index (χ3v) is 4.22. The lowest BCUT2D eigenvalue weighted by molar-refractivity contribution is 0.0221. The minimum atomic E-state index is -0.501. The van der Waals surface area contributed by atoms with Crippen molar-refractivity contribution < 1.29 is 9.53 Å². The predicted octanol–water partition coefficient (Wildman–Crippen LogP) is 4.96. The number of aromatic nitrogens is 1. The van der Waals surface area contributed by atoms with Gasteiger partial charge in [0.15, 0.2) is 0 Å². The SMILES string of the molecule is CC(C)(C)OC(=O)N1CCC[C@@H]1c1cc(Cl)c2ccccc2n1. The third-order valence-electron chi connectivity index (χ3n) is 3.91. The van der Waals surface area contributed by atoms with Gasteiger partial charge >= 0.3 is 6.09 Å². The molecule has 0 spiro atoms. The smallest absolute Gasteiger partial charge is 0.410 e. The van der Waals surface area contributed by atoms with E-state index in [9.17, 15) is 4.79 Å². The number of carbonyl (C=O) groups excluding carboxylic acids is 1. The molecule has 2 aromatic rings. The van der Waals surface area contributed by atoms with Crippen LogP contribution in [0, 0.1) is 0 Å². The van der Waals surface area contributed by atoms with Gasteiger partial charge in [-0.15, -0.1) is 0 Å². The molecule has 1 aliphatic heterocycles. The molecule has 0 radical (unpaired) electrons. The summed E-state index contributed by atoms with van der Waals surface area (Å²) in [5.74, 6) is 0. The molecular formula is C18H21ClN2O2. The number of hydrogen-bond donors (Lipinski definition) is 0. The molecule has 0 unspecified atom stereocenters. The number of halogens is 1. The highest BCUT2D eigenvalue weighted by atomic mass is 35.5. The second-order valence-corrected chi connectivity index (χ2v) is 7.29. The first-order chi connectivity index (χ1) is 10.8. The van der Waals surface area contributed by atoms with Gasteiger partial charge in [0.25, 0.3) is 0 Å². The summed E-state index contributed by atoms with van der Waals surface area (Å²) in [5.41, 5.74) is 1.18. The van der Waals surface area contributed by atoms with E-state index in [2.05, 4.69) is 0 Å². The molecule has 1 saturated heterocycles. The second kappa shape index (κ2) is 6.00. The van der Waals surface area contributed by atoms with Crippen LogP contribution in [0.1, 0.15) is 45.3 Å². The summed E-state index contributed by atoms with van der Waals surface area (Å²) in [6.45, 7) is 6.31. The van der Waals surface area contributed by atoms with Gasteiger partial charge in [-0.2, -0.15) is 0 Å². The number of para-hydroxylation sites is 1. The van der Waals surface area contributed by atoms with Gasteiger partial charge < -0.3 is 4.74 Å². The van der Waals surface area contributed by atoms with Crippen molar-refractivity contribution in [1.82, 2.24) is 9.88 Å². The quantitative estimate of drug-likeness (QED) is 0.741. The monoisotopic (exact) mass is 332 g/mol. The topological polar surface area (TPSA) is 42.4 Å². The lowest BCUT2D eigenvalue weighted by atomic mass is 10.1. The summed E-state index contributed by atoms with van der Waals surface area (Å²) >= 11 is 6.40. The lowest BCUT2D eigenvalue weighted by Crippen LogP contribution is -2.36. The van der Waals surface area contributed by atoms with Gasteiger partial charge in [-0.25, -0.2) is 4.79 Å². The van der Waals surface area contributed by atoms with E-state index < -0.39 is 5.60 Å². The first-order valence-corrected chi connectivity index (χ1v) is 8.28. The molecule has 0 saturated carbocycles. The van der Waals surface area contributed by atoms with Gasteiger partial charge in [0.2, 0.25) is 0 Å². The Morgan fingerprint density at radius 3 is 2.83 bits per heavy atom. The van der Waals surface area contributed by atoms with Crippen molar-refractivity contribution in [2.45, 2.75) is 45.3 Å². The van der Waals surface area contributed by atoms with E-state index in [1.807, 2.05) is 51.1 Å². The Labute approximate surface area is 141 Å². The Morgan fingerprint density at radius 2 is 2.09 bits per heavy atom. The normalized spacial score (nSPS) is 18.4. The maximum absolute atomic E-state index is 12.4. The number of rotatable bonds is 1. The van der Waals surface area contributed by atoms with Crippen LogP contribution < -0.4 is 0 Å². The fourth-order valence-corrected chi connectivity index (χ4v) is 3.21. The standard InChI is InChI=1S/C18H21ClN2O2/c1-18(2,3)23-17(22)21-10-6-9-16(21)15-11-13(19)12-7-4-5-8-14(12)20-15/h4-5,7-8,11,16H,6,9-10H2,1-3H3/t16-/m1/s1. The van der Waals surface area contributed by atoms with Crippen LogP contribution in [0.5, 0.6) is 0 Å². The van der Waals surface area contributed by atoms with Gasteiger partial charge in [-0.05, 0) is 45.7 Å². The van der Waals surface area contributed by atoms with Crippen LogP contribution in [0.15, 0.2) is 30.3 Å². The molecule has 5 heteroatoms. The van der Waals surface area contributed by atoms with E-state index in [1.165, 1.54) is 0 Å². The summed E-state index contributed by atoms with van der Waals surface area (Å²) in [7, 11) is 0. The molecular weight excluding hydrogens is 312 g/mol. The average Bonchev–Trinajstić information content (AvgIpc) is 2.95. The summed E-state index contributed by atoms with van der Waals surface area (Å²) < 4.78 is 5.52. The lowest BCUT2D eigenvalue weighted by Gasteiger charge is -2.28. The minimum Gasteiger partial charge on any atom is -0.444 e. The summed E-state index contributed by atoms with van der Waals surface area (Å²) in [6.07, 6.45) is 1.53. The summed E-state index contributed by atoms with van der Waals surface area (Å²) in [5, 5.41) is 1.60. The number of benzene rings is 1. The zero-order valence-corrected chi connectivity index (χ0v) is 14.4. The number of likely N-dealkylation sites (tertiary alicyclic amines) is 1. The van der Waals surface area contributed by atoms with E-state index in [0.717, 1.165) is 29.4 Å². The fraction of sp³-hybridized carbons (Fsp3) is 0.444. The highest BCUT2D eigenvalue weighted by Crippen LogP contribution is 2.35. The highest BCUT2D eigenvalue weighted by molar-refractivity contribution is 6.35. The van der Waals surface area contributed by atoms with Crippen molar-refractivity contribution in [2.24, 2.45) is 0 Å². The van der Waals surface area contributed by atoms with E-state index in [-0.39, 0.29) is 12.1 Å². The van der Waals surface area contributed by atoms with Gasteiger partial charge in [0.1, 0.15) is 5.60 Å². The van der Waals surface area contributed by atoms with Crippen molar-refractivity contribution in [3.8, 4) is 0 Å². The predicted molar refractivity (Wildman–Crippen MR) is 91.7 cm³/mol. The molecule has 1 aromatic heterocycles. The molecule has 1 aromatic carbocycles. The maximum atomic E-state index is 12.4. The van der Waals surface area contributed by atoms with Gasteiger partial charge in [0.05, 0.1) is 22.3 Å². The summed E-state index contributed by atoms with van der Waals surface area (Å²) in [6, 6.07) is 9.57. The van der Waals surface area contributed by atoms with Gasteiger partial charge in [-0.3, -0.25) is 9.88 Å². The molecule has 1 aliphatic rings. The number of hydrogen-bond acceptors (Lipinski definition) is 3. The first-order valence-electron chi connectivity index (χ1n) is 7.90. The Kier molecular flexibility index (Phi) is 4.19. The van der Waals surface area contributed by atoms with E-state index in [1.54, 1.807) is 4.90 Å². The largest absolute Gasteiger partial charge is 0.444 e. The van der Waals surface area contributed by atoms with Crippen LogP contribution in [-0.4, -0.2) is 28.1 Å². The molecule has 4 nitrogen and oxygen atoms in total. The Hall–Kier alpha value is -1.81. The third kappa shape index (κ3) is 3.42. The average molecular weight is 333 g/mol. The van der Waals surface area contributed by atoms with Crippen LogP contribution in [0.3, 0.4) is 0 Å². The van der Waals surface area contributed by atoms with Gasteiger partial charge in [0, 0.05) is 11.9 Å². The number of nitrogens with zero attached hydrogens (tertiary/aromatic N) is 2. The van der Waals surface area contributed by atoms with Crippen LogP contribution in [0.4, 0.5) is 4.79 Å². The second-order valence-electron chi connectivity index (χ2n) is 6.88. The minimum absolute atomic E-state index is 0.0769. The molecule has 122 valence electrons. The van der Waals surface area contributed by atoms with Crippen molar-refractivity contribution in [1.29, 1.82) is 0 Å². The van der Waals surface area contributed by atoms with Crippen molar-refractivity contribution in [3.63, 3.8) is 0 Å². The van der Waals surface area contributed by atoms with Crippen LogP contribution >= 0.6 is 11.6 Å². The molecule has 0 N–H and O–H groups in total. The summed E-state index contributed by atoms with van der Waals surface area (Å²) in [4.78, 5) is 18.9. The number of pyridine rings is 1. The van der Waals surface area contributed by atoms with Crippen molar-refractivity contribution in [3.05, 3.63) is 41.0 Å². The number of amides is 1. The van der Waals surface area contributed by atoms with Crippen LogP contribution in [0.2, 0.25) is 5.02 Å². The van der Waals surface area contributed by atoms with Gasteiger partial charge in [-0.1, -0.05) is 29.8 Å². The van der Waals surface area contributed by atoms with Crippen molar-refractivity contribution >= 4 is 28.6 Å². The molecule has 0 bridgehead atoms. The molecule has 0 aliphatic carbocycles. The zero-order chi connectivity index (χ0) is 16.6. The Morgan fingerprint density at radius 1 is 1.35 bits per heavy atom. The fourth-order valence-electron chi connectivity index (χ4n) is 2.94. The first kappa shape index (κ1) is 16.1. The molecule has 2 heterocycles. The Balaban J connectivity index is 1.92. The zero-order valence-electron chi connectivity index (χ0n) is 13.7. The van der Waals surface area contributed by atoms with E-state index in [4.69, 9.17) is 21.3 Å². The van der Waals surface area contributed by atoms with Crippen LogP contribution in [0.25, 0.3) is 10.9 Å². The number of carbonyl (C=O) groups is 1. The van der Waals surface area contributed by atoms with Crippen molar-refractivity contribution in [2.75, 3.05) is 6.54 Å². The Bertz CT molecular complexity index is 739. The van der Waals surface area contributed by atoms with Crippen LogP contribution in [-0.2, 0) is 4.74 Å². The number of fused-ring (bicyclic) bond motifs is 1. The molecule has 23 heavy (non-hydrogen) atoms. The molecule has 1 atom stereocenters. The molecule has 1 amide bonds. The number of ether oxygens (including phenoxy) is 1.